The van der Waals surface area contributed by atoms with Crippen LogP contribution in [-0.2, 0) is 26.0 Å². The number of hydrogen-bond donors (Lipinski definition) is 5. The van der Waals surface area contributed by atoms with E-state index in [9.17, 15) is 18.0 Å². The average molecular weight is 525 g/mol. The standard InChI is InChI=1S/C26H32N6O4S/c1-17-13-14-23(20-11-6-5-10-19(17)20)37(35,36)32-21(12-7-15-30-26(28)29)25(34)31-22(24(27)33)16-18-8-3-2-4-9-18/h2-6,8-11,13-14,21-22,32H,7,12,15-16H2,1H3,(H2,27,33)(H,31,34)(H4,28,29,30)/t21-,22-/m0/s1. The van der Waals surface area contributed by atoms with Crippen molar-refractivity contribution in [3.63, 3.8) is 0 Å². The lowest BCUT2D eigenvalue weighted by Crippen LogP contribution is -2.53. The molecule has 0 spiro atoms. The molecule has 0 aromatic heterocycles. The Labute approximate surface area is 216 Å². The monoisotopic (exact) mass is 524 g/mol. The maximum Gasteiger partial charge on any atom is 0.241 e. The van der Waals surface area contributed by atoms with Gasteiger partial charge in [-0.2, -0.15) is 4.72 Å². The molecule has 0 aliphatic rings. The first-order chi connectivity index (χ1) is 17.6. The minimum Gasteiger partial charge on any atom is -0.370 e. The molecule has 0 saturated carbocycles. The zero-order valence-corrected chi connectivity index (χ0v) is 21.4. The van der Waals surface area contributed by atoms with E-state index in [4.69, 9.17) is 17.2 Å². The summed E-state index contributed by atoms with van der Waals surface area (Å²) in [4.78, 5) is 29.3. The van der Waals surface area contributed by atoms with Gasteiger partial charge in [0.2, 0.25) is 21.8 Å². The molecule has 3 rings (SSSR count). The van der Waals surface area contributed by atoms with E-state index in [2.05, 4.69) is 15.0 Å². The summed E-state index contributed by atoms with van der Waals surface area (Å²) >= 11 is 0. The Morgan fingerprint density at radius 2 is 1.54 bits per heavy atom. The van der Waals surface area contributed by atoms with Crippen LogP contribution in [0.2, 0.25) is 0 Å². The second kappa shape index (κ2) is 12.3. The zero-order chi connectivity index (χ0) is 27.0. The molecule has 2 atom stereocenters. The fourth-order valence-electron chi connectivity index (χ4n) is 4.00. The number of guanidine groups is 1. The van der Waals surface area contributed by atoms with Gasteiger partial charge in [-0.05, 0) is 42.3 Å². The van der Waals surface area contributed by atoms with Gasteiger partial charge in [-0.25, -0.2) is 8.42 Å². The van der Waals surface area contributed by atoms with Crippen LogP contribution < -0.4 is 27.2 Å². The van der Waals surface area contributed by atoms with Gasteiger partial charge in [-0.3, -0.25) is 14.6 Å². The number of benzene rings is 3. The molecule has 0 radical (unpaired) electrons. The van der Waals surface area contributed by atoms with Crippen LogP contribution in [0.5, 0.6) is 0 Å². The second-order valence-electron chi connectivity index (χ2n) is 8.70. The highest BCUT2D eigenvalue weighted by Gasteiger charge is 2.29. The molecule has 0 aliphatic carbocycles. The van der Waals surface area contributed by atoms with E-state index in [1.165, 1.54) is 6.07 Å². The molecular weight excluding hydrogens is 492 g/mol. The van der Waals surface area contributed by atoms with E-state index in [0.717, 1.165) is 16.5 Å². The molecule has 0 fully saturated rings. The summed E-state index contributed by atoms with van der Waals surface area (Å²) in [5.41, 5.74) is 18.0. The van der Waals surface area contributed by atoms with Gasteiger partial charge in [0.25, 0.3) is 0 Å². The number of sulfonamides is 1. The first-order valence-electron chi connectivity index (χ1n) is 11.8. The normalized spacial score (nSPS) is 13.0. The largest absolute Gasteiger partial charge is 0.370 e. The number of hydrogen-bond acceptors (Lipinski definition) is 5. The number of aryl methyl sites for hydroxylation is 1. The van der Waals surface area contributed by atoms with Crippen LogP contribution in [-0.4, -0.2) is 44.8 Å². The van der Waals surface area contributed by atoms with Gasteiger partial charge >= 0.3 is 0 Å². The fraction of sp³-hybridized carbons (Fsp3) is 0.269. The van der Waals surface area contributed by atoms with E-state index in [-0.39, 0.29) is 30.2 Å². The average Bonchev–Trinajstić information content (AvgIpc) is 2.86. The number of fused-ring (bicyclic) bond motifs is 1. The van der Waals surface area contributed by atoms with Gasteiger partial charge in [0.1, 0.15) is 12.1 Å². The van der Waals surface area contributed by atoms with Crippen molar-refractivity contribution < 1.29 is 18.0 Å². The van der Waals surface area contributed by atoms with Gasteiger partial charge in [-0.1, -0.05) is 60.7 Å². The minimum atomic E-state index is -4.13. The molecule has 8 N–H and O–H groups in total. The Kier molecular flexibility index (Phi) is 9.20. The summed E-state index contributed by atoms with van der Waals surface area (Å²) in [5, 5.41) is 3.93. The molecule has 37 heavy (non-hydrogen) atoms. The fourth-order valence-corrected chi connectivity index (χ4v) is 5.44. The number of amides is 2. The lowest BCUT2D eigenvalue weighted by molar-refractivity contribution is -0.128. The zero-order valence-electron chi connectivity index (χ0n) is 20.6. The van der Waals surface area contributed by atoms with Crippen molar-refractivity contribution in [2.24, 2.45) is 22.2 Å². The van der Waals surface area contributed by atoms with Crippen molar-refractivity contribution in [1.29, 1.82) is 0 Å². The predicted molar refractivity (Wildman–Crippen MR) is 144 cm³/mol. The summed E-state index contributed by atoms with van der Waals surface area (Å²) in [6.07, 6.45) is 0.563. The van der Waals surface area contributed by atoms with Crippen LogP contribution in [0.25, 0.3) is 10.8 Å². The second-order valence-corrected chi connectivity index (χ2v) is 10.4. The van der Waals surface area contributed by atoms with Crippen molar-refractivity contribution >= 4 is 38.6 Å². The highest BCUT2D eigenvalue weighted by molar-refractivity contribution is 7.89. The Bertz CT molecular complexity index is 1390. The molecule has 0 bridgehead atoms. The van der Waals surface area contributed by atoms with Crippen molar-refractivity contribution in [1.82, 2.24) is 10.0 Å². The number of aliphatic imine (C=N–C) groups is 1. The first kappa shape index (κ1) is 27.6. The van der Waals surface area contributed by atoms with E-state index in [0.29, 0.717) is 11.8 Å². The summed E-state index contributed by atoms with van der Waals surface area (Å²) in [5.74, 6) is -1.52. The number of carbonyl (C=O) groups is 2. The number of nitrogens with one attached hydrogen (secondary N) is 2. The van der Waals surface area contributed by atoms with Crippen molar-refractivity contribution in [2.75, 3.05) is 6.54 Å². The molecular formula is C26H32N6O4S. The van der Waals surface area contributed by atoms with E-state index in [1.807, 2.05) is 37.3 Å². The Morgan fingerprint density at radius 3 is 2.19 bits per heavy atom. The Hall–Kier alpha value is -3.96. The molecule has 10 nitrogen and oxygen atoms in total. The van der Waals surface area contributed by atoms with E-state index < -0.39 is 33.9 Å². The predicted octanol–water partition coefficient (Wildman–Crippen LogP) is 1.06. The third kappa shape index (κ3) is 7.51. The summed E-state index contributed by atoms with van der Waals surface area (Å²) < 4.78 is 29.5. The number of rotatable bonds is 12. The van der Waals surface area contributed by atoms with Crippen molar-refractivity contribution in [3.8, 4) is 0 Å². The molecule has 3 aromatic carbocycles. The Morgan fingerprint density at radius 1 is 0.892 bits per heavy atom. The summed E-state index contributed by atoms with van der Waals surface area (Å²) in [7, 11) is -4.13. The quantitative estimate of drug-likeness (QED) is 0.134. The smallest absolute Gasteiger partial charge is 0.241 e. The molecule has 2 amide bonds. The van der Waals surface area contributed by atoms with Gasteiger partial charge in [0.15, 0.2) is 5.96 Å². The Balaban J connectivity index is 1.87. The van der Waals surface area contributed by atoms with Crippen LogP contribution in [0.3, 0.4) is 0 Å². The van der Waals surface area contributed by atoms with Crippen LogP contribution in [0, 0.1) is 6.92 Å². The third-order valence-corrected chi connectivity index (χ3v) is 7.42. The molecule has 0 heterocycles. The number of carbonyl (C=O) groups excluding carboxylic acids is 2. The summed E-state index contributed by atoms with van der Waals surface area (Å²) in [6, 6.07) is 17.2. The van der Waals surface area contributed by atoms with Crippen LogP contribution in [0.4, 0.5) is 0 Å². The molecule has 0 aliphatic heterocycles. The highest BCUT2D eigenvalue weighted by Crippen LogP contribution is 2.26. The highest BCUT2D eigenvalue weighted by atomic mass is 32.2. The maximum atomic E-state index is 13.5. The lowest BCUT2D eigenvalue weighted by atomic mass is 10.0. The van der Waals surface area contributed by atoms with Crippen LogP contribution in [0.15, 0.2) is 76.6 Å². The first-order valence-corrected chi connectivity index (χ1v) is 13.3. The molecule has 0 saturated heterocycles. The third-order valence-electron chi connectivity index (χ3n) is 5.89. The SMILES string of the molecule is Cc1ccc(S(=O)(=O)N[C@@H](CCCN=C(N)N)C(=O)N[C@@H](Cc2ccccc2)C(N)=O)c2ccccc12. The van der Waals surface area contributed by atoms with Gasteiger partial charge in [0.05, 0.1) is 4.90 Å². The van der Waals surface area contributed by atoms with Crippen molar-refractivity contribution in [2.45, 2.75) is 43.2 Å². The minimum absolute atomic E-state index is 0.0476. The topological polar surface area (TPSA) is 183 Å². The van der Waals surface area contributed by atoms with Crippen LogP contribution in [0.1, 0.15) is 24.0 Å². The molecule has 11 heteroatoms. The van der Waals surface area contributed by atoms with Gasteiger partial charge in [-0.15, -0.1) is 0 Å². The van der Waals surface area contributed by atoms with Crippen LogP contribution >= 0.6 is 0 Å². The van der Waals surface area contributed by atoms with Gasteiger partial charge in [0, 0.05) is 18.4 Å². The number of nitrogens with zero attached hydrogens (tertiary/aromatic N) is 1. The molecule has 0 unspecified atom stereocenters. The number of nitrogens with two attached hydrogens (primary N) is 3. The lowest BCUT2D eigenvalue weighted by Gasteiger charge is -2.22. The maximum absolute atomic E-state index is 13.5. The molecule has 196 valence electrons. The number of primary amides is 1. The summed E-state index contributed by atoms with van der Waals surface area (Å²) in [6.45, 7) is 2.09. The molecule has 3 aromatic rings. The van der Waals surface area contributed by atoms with Crippen molar-refractivity contribution in [3.05, 3.63) is 77.9 Å². The van der Waals surface area contributed by atoms with E-state index >= 15 is 0 Å². The van der Waals surface area contributed by atoms with E-state index in [1.54, 1.807) is 30.3 Å². The van der Waals surface area contributed by atoms with Gasteiger partial charge < -0.3 is 22.5 Å².